The molecule has 0 saturated heterocycles. The van der Waals surface area contributed by atoms with Crippen LogP contribution in [0.15, 0.2) is 60.8 Å². The number of benzene rings is 2. The molecule has 5 nitrogen and oxygen atoms in total. The van der Waals surface area contributed by atoms with Gasteiger partial charge in [-0.25, -0.2) is 13.4 Å². The Balaban J connectivity index is 2.09. The lowest BCUT2D eigenvalue weighted by atomic mass is 10.0. The van der Waals surface area contributed by atoms with E-state index in [9.17, 15) is 12.8 Å². The van der Waals surface area contributed by atoms with E-state index in [2.05, 4.69) is 9.71 Å². The molecule has 0 unspecified atom stereocenters. The smallest absolute Gasteiger partial charge is 0.229 e. The quantitative estimate of drug-likeness (QED) is 0.676. The number of nitrogens with zero attached hydrogens (tertiary/aromatic N) is 1. The molecule has 1 heterocycles. The summed E-state index contributed by atoms with van der Waals surface area (Å²) in [5, 5.41) is 0. The highest BCUT2D eigenvalue weighted by molar-refractivity contribution is 7.92. The molecule has 0 fully saturated rings. The van der Waals surface area contributed by atoms with Crippen LogP contribution in [-0.4, -0.2) is 19.7 Å². The van der Waals surface area contributed by atoms with Crippen LogP contribution in [-0.2, 0) is 10.0 Å². The fourth-order valence-electron chi connectivity index (χ4n) is 2.44. The molecule has 7 heteroatoms. The van der Waals surface area contributed by atoms with Gasteiger partial charge in [-0.2, -0.15) is 4.39 Å². The second-order valence-electron chi connectivity index (χ2n) is 5.83. The average Bonchev–Trinajstić information content (AvgIpc) is 2.58. The van der Waals surface area contributed by atoms with Crippen LogP contribution in [0.25, 0.3) is 11.1 Å². The maximum absolute atomic E-state index is 13.5. The molecule has 1 aromatic heterocycles. The zero-order chi connectivity index (χ0) is 18.7. The molecular weight excluding hydrogens is 355 g/mol. The van der Waals surface area contributed by atoms with Crippen LogP contribution in [0.2, 0.25) is 0 Å². The molecule has 0 amide bonds. The van der Waals surface area contributed by atoms with Gasteiger partial charge in [-0.15, -0.1) is 0 Å². The van der Waals surface area contributed by atoms with E-state index in [4.69, 9.17) is 4.74 Å². The Morgan fingerprint density at radius 1 is 1.08 bits per heavy atom. The van der Waals surface area contributed by atoms with E-state index >= 15 is 0 Å². The van der Waals surface area contributed by atoms with Crippen molar-refractivity contribution in [1.82, 2.24) is 4.98 Å². The second kappa shape index (κ2) is 7.13. The van der Waals surface area contributed by atoms with Crippen molar-refractivity contribution in [2.24, 2.45) is 0 Å². The summed E-state index contributed by atoms with van der Waals surface area (Å²) in [6.07, 6.45) is 2.46. The normalized spacial score (nSPS) is 11.2. The number of ether oxygens (including phenoxy) is 1. The molecular formula is C19H17FN2O3S. The molecule has 3 rings (SSSR count). The summed E-state index contributed by atoms with van der Waals surface area (Å²) in [7, 11) is -3.43. The van der Waals surface area contributed by atoms with Crippen LogP contribution in [0.5, 0.6) is 11.5 Å². The van der Waals surface area contributed by atoms with Crippen molar-refractivity contribution in [3.63, 3.8) is 0 Å². The van der Waals surface area contributed by atoms with Gasteiger partial charge in [0, 0.05) is 28.6 Å². The van der Waals surface area contributed by atoms with Crippen molar-refractivity contribution in [3.05, 3.63) is 72.3 Å². The predicted octanol–water partition coefficient (Wildman–Crippen LogP) is 4.36. The van der Waals surface area contributed by atoms with Gasteiger partial charge in [0.2, 0.25) is 16.0 Å². The molecule has 3 aromatic rings. The number of anilines is 1. The zero-order valence-corrected chi connectivity index (χ0v) is 15.0. The van der Waals surface area contributed by atoms with Gasteiger partial charge < -0.3 is 4.74 Å². The molecule has 0 radical (unpaired) electrons. The third-order valence-electron chi connectivity index (χ3n) is 3.58. The average molecular weight is 372 g/mol. The van der Waals surface area contributed by atoms with Crippen LogP contribution >= 0.6 is 0 Å². The molecule has 0 aliphatic carbocycles. The molecule has 0 saturated carbocycles. The lowest BCUT2D eigenvalue weighted by Crippen LogP contribution is -2.09. The molecule has 0 bridgehead atoms. The first-order valence-electron chi connectivity index (χ1n) is 7.79. The molecule has 0 spiro atoms. The van der Waals surface area contributed by atoms with Crippen molar-refractivity contribution < 1.29 is 17.5 Å². The highest BCUT2D eigenvalue weighted by Gasteiger charge is 2.13. The topological polar surface area (TPSA) is 68.3 Å². The minimum atomic E-state index is -3.43. The van der Waals surface area contributed by atoms with Gasteiger partial charge in [0.25, 0.3) is 0 Å². The zero-order valence-electron chi connectivity index (χ0n) is 14.2. The summed E-state index contributed by atoms with van der Waals surface area (Å²) < 4.78 is 44.9. The van der Waals surface area contributed by atoms with Gasteiger partial charge in [0.1, 0.15) is 11.5 Å². The molecule has 26 heavy (non-hydrogen) atoms. The van der Waals surface area contributed by atoms with Crippen LogP contribution < -0.4 is 9.46 Å². The minimum absolute atomic E-state index is 0.380. The number of nitrogens with one attached hydrogen (secondary N) is 1. The first kappa shape index (κ1) is 17.9. The third-order valence-corrected chi connectivity index (χ3v) is 4.19. The molecule has 134 valence electrons. The van der Waals surface area contributed by atoms with Crippen molar-refractivity contribution in [3.8, 4) is 22.6 Å². The van der Waals surface area contributed by atoms with E-state index in [0.29, 0.717) is 33.9 Å². The Kier molecular flexibility index (Phi) is 4.90. The number of hydrogen-bond donors (Lipinski definition) is 1. The SMILES string of the molecule is Cc1cc(-c2cc(NS(C)(=O)=O)ccc2Oc2ccccc2)cnc1F. The number of hydrogen-bond acceptors (Lipinski definition) is 4. The van der Waals surface area contributed by atoms with E-state index in [1.807, 2.05) is 18.2 Å². The maximum Gasteiger partial charge on any atom is 0.229 e. The maximum atomic E-state index is 13.5. The van der Waals surface area contributed by atoms with Crippen molar-refractivity contribution in [1.29, 1.82) is 0 Å². The lowest BCUT2D eigenvalue weighted by molar-refractivity contribution is 0.484. The van der Waals surface area contributed by atoms with Crippen LogP contribution in [0.1, 0.15) is 5.56 Å². The fraction of sp³-hybridized carbons (Fsp3) is 0.105. The third kappa shape index (κ3) is 4.37. The van der Waals surface area contributed by atoms with Crippen molar-refractivity contribution in [2.75, 3.05) is 11.0 Å². The van der Waals surface area contributed by atoms with Gasteiger partial charge in [-0.3, -0.25) is 4.72 Å². The first-order valence-corrected chi connectivity index (χ1v) is 9.68. The Labute approximate surface area is 151 Å². The van der Waals surface area contributed by atoms with E-state index in [1.54, 1.807) is 43.3 Å². The summed E-state index contributed by atoms with van der Waals surface area (Å²) in [6, 6.07) is 15.7. The second-order valence-corrected chi connectivity index (χ2v) is 7.58. The Morgan fingerprint density at radius 3 is 2.46 bits per heavy atom. The molecule has 0 aliphatic heterocycles. The molecule has 1 N–H and O–H groups in total. The number of pyridine rings is 1. The van der Waals surface area contributed by atoms with Gasteiger partial charge in [-0.1, -0.05) is 18.2 Å². The highest BCUT2D eigenvalue weighted by Crippen LogP contribution is 2.36. The predicted molar refractivity (Wildman–Crippen MR) is 99.4 cm³/mol. The van der Waals surface area contributed by atoms with Gasteiger partial charge in [0.15, 0.2) is 0 Å². The standard InChI is InChI=1S/C19H17FN2O3S/c1-13-10-14(12-21-19(13)20)17-11-15(22-26(2,23)24)8-9-18(17)25-16-6-4-3-5-7-16/h3-12,22H,1-2H3. The van der Waals surface area contributed by atoms with E-state index in [-0.39, 0.29) is 0 Å². The van der Waals surface area contributed by atoms with Gasteiger partial charge >= 0.3 is 0 Å². The summed E-state index contributed by atoms with van der Waals surface area (Å²) in [6.45, 7) is 1.61. The van der Waals surface area contributed by atoms with Crippen molar-refractivity contribution >= 4 is 15.7 Å². The minimum Gasteiger partial charge on any atom is -0.457 e. The number of aryl methyl sites for hydroxylation is 1. The molecule has 0 aliphatic rings. The summed E-state index contributed by atoms with van der Waals surface area (Å²) in [5.74, 6) is 0.581. The van der Waals surface area contributed by atoms with Gasteiger partial charge in [-0.05, 0) is 43.3 Å². The Hall–Kier alpha value is -2.93. The number of rotatable bonds is 5. The van der Waals surface area contributed by atoms with E-state index in [1.165, 1.54) is 6.20 Å². The lowest BCUT2D eigenvalue weighted by Gasteiger charge is -2.14. The van der Waals surface area contributed by atoms with Crippen LogP contribution in [0.3, 0.4) is 0 Å². The largest absolute Gasteiger partial charge is 0.457 e. The summed E-state index contributed by atoms with van der Waals surface area (Å²) >= 11 is 0. The summed E-state index contributed by atoms with van der Waals surface area (Å²) in [5.41, 5.74) is 1.98. The highest BCUT2D eigenvalue weighted by atomic mass is 32.2. The first-order chi connectivity index (χ1) is 12.3. The van der Waals surface area contributed by atoms with E-state index < -0.39 is 16.0 Å². The number of aromatic nitrogens is 1. The van der Waals surface area contributed by atoms with E-state index in [0.717, 1.165) is 6.26 Å². The molecule has 0 atom stereocenters. The Bertz CT molecular complexity index is 1040. The van der Waals surface area contributed by atoms with Gasteiger partial charge in [0.05, 0.1) is 6.26 Å². The summed E-state index contributed by atoms with van der Waals surface area (Å²) in [4.78, 5) is 3.75. The van der Waals surface area contributed by atoms with Crippen molar-refractivity contribution in [2.45, 2.75) is 6.92 Å². The Morgan fingerprint density at radius 2 is 1.81 bits per heavy atom. The number of halogens is 1. The number of para-hydroxylation sites is 1. The number of sulfonamides is 1. The monoisotopic (exact) mass is 372 g/mol. The van der Waals surface area contributed by atoms with Crippen LogP contribution in [0.4, 0.5) is 10.1 Å². The van der Waals surface area contributed by atoms with Crippen LogP contribution in [0, 0.1) is 12.9 Å². The fourth-order valence-corrected chi connectivity index (χ4v) is 3.00. The molecule has 2 aromatic carbocycles.